The molecule has 0 saturated heterocycles. The van der Waals surface area contributed by atoms with E-state index >= 15 is 0 Å². The zero-order chi connectivity index (χ0) is 23.8. The lowest BCUT2D eigenvalue weighted by molar-refractivity contribution is -0.644. The van der Waals surface area contributed by atoms with Crippen LogP contribution in [0.15, 0.2) is 73.1 Å². The molecular formula is C30H40N4+2. The van der Waals surface area contributed by atoms with Crippen LogP contribution in [0.25, 0.3) is 21.8 Å². The minimum atomic E-state index is 0.155. The number of rotatable bonds is 12. The van der Waals surface area contributed by atoms with Crippen LogP contribution in [0.3, 0.4) is 0 Å². The Morgan fingerprint density at radius 3 is 1.62 bits per heavy atom. The summed E-state index contributed by atoms with van der Waals surface area (Å²) in [6.07, 6.45) is 14.8. The van der Waals surface area contributed by atoms with Gasteiger partial charge >= 0.3 is 0 Å². The average Bonchev–Trinajstić information content (AvgIpc) is 2.87. The monoisotopic (exact) mass is 456 g/mol. The van der Waals surface area contributed by atoms with Crippen LogP contribution in [-0.4, -0.2) is 6.17 Å². The number of nitrogens with one attached hydrogen (secondary N) is 2. The van der Waals surface area contributed by atoms with Crippen LogP contribution < -0.4 is 19.8 Å². The number of aromatic nitrogens is 2. The Morgan fingerprint density at radius 2 is 1.09 bits per heavy atom. The number of benzene rings is 2. The molecule has 2 N–H and O–H groups in total. The highest BCUT2D eigenvalue weighted by atomic mass is 15.1. The Morgan fingerprint density at radius 1 is 0.618 bits per heavy atom. The molecule has 0 aliphatic heterocycles. The van der Waals surface area contributed by atoms with Gasteiger partial charge in [-0.3, -0.25) is 0 Å². The second-order valence-electron chi connectivity index (χ2n) is 9.47. The highest BCUT2D eigenvalue weighted by Crippen LogP contribution is 2.25. The molecule has 0 atom stereocenters. The van der Waals surface area contributed by atoms with E-state index in [1.807, 2.05) is 0 Å². The van der Waals surface area contributed by atoms with Crippen molar-refractivity contribution in [2.24, 2.45) is 14.1 Å². The Bertz CT molecular complexity index is 1130. The molecule has 178 valence electrons. The summed E-state index contributed by atoms with van der Waals surface area (Å²) in [5.74, 6) is 0. The van der Waals surface area contributed by atoms with Crippen LogP contribution in [0.5, 0.6) is 0 Å². The molecule has 34 heavy (non-hydrogen) atoms. The van der Waals surface area contributed by atoms with Crippen molar-refractivity contribution < 1.29 is 9.13 Å². The first-order chi connectivity index (χ1) is 16.7. The summed E-state index contributed by atoms with van der Waals surface area (Å²) in [7, 11) is 4.22. The fourth-order valence-corrected chi connectivity index (χ4v) is 4.84. The van der Waals surface area contributed by atoms with Crippen LogP contribution in [0.1, 0.15) is 58.3 Å². The molecule has 4 nitrogen and oxygen atoms in total. The summed E-state index contributed by atoms with van der Waals surface area (Å²) in [5, 5.41) is 10.2. The highest BCUT2D eigenvalue weighted by molar-refractivity contribution is 5.90. The molecule has 0 bridgehead atoms. The topological polar surface area (TPSA) is 31.8 Å². The maximum Gasteiger partial charge on any atom is 0.214 e. The normalized spacial score (nSPS) is 11.4. The van der Waals surface area contributed by atoms with Gasteiger partial charge in [-0.1, -0.05) is 69.7 Å². The van der Waals surface area contributed by atoms with Crippen molar-refractivity contribution in [3.05, 3.63) is 73.1 Å². The van der Waals surface area contributed by atoms with Crippen LogP contribution in [0.2, 0.25) is 0 Å². The SMILES string of the molecule is CCCCCCCCCC(Nc1cc[n+](C)c2ccccc12)Nc1cc[n+](C)c2ccccc12. The van der Waals surface area contributed by atoms with E-state index in [0.29, 0.717) is 0 Å². The quantitative estimate of drug-likeness (QED) is 0.142. The smallest absolute Gasteiger partial charge is 0.214 e. The summed E-state index contributed by atoms with van der Waals surface area (Å²) < 4.78 is 4.37. The number of anilines is 2. The van der Waals surface area contributed by atoms with Gasteiger partial charge in [0.05, 0.1) is 28.3 Å². The van der Waals surface area contributed by atoms with Crippen molar-refractivity contribution in [1.82, 2.24) is 0 Å². The number of unbranched alkanes of at least 4 members (excludes halogenated alkanes) is 6. The zero-order valence-corrected chi connectivity index (χ0v) is 21.1. The van der Waals surface area contributed by atoms with Crippen molar-refractivity contribution in [2.75, 3.05) is 10.6 Å². The maximum absolute atomic E-state index is 3.86. The fourth-order valence-electron chi connectivity index (χ4n) is 4.84. The highest BCUT2D eigenvalue weighted by Gasteiger charge is 2.16. The Balaban J connectivity index is 1.54. The van der Waals surface area contributed by atoms with Gasteiger partial charge in [-0.15, -0.1) is 0 Å². The van der Waals surface area contributed by atoms with E-state index in [9.17, 15) is 0 Å². The Hall–Kier alpha value is -3.14. The lowest BCUT2D eigenvalue weighted by atomic mass is 10.1. The molecule has 0 fully saturated rings. The molecule has 0 radical (unpaired) electrons. The number of aryl methyl sites for hydroxylation is 2. The van der Waals surface area contributed by atoms with E-state index in [0.717, 1.165) is 6.42 Å². The third-order valence-electron chi connectivity index (χ3n) is 6.83. The first kappa shape index (κ1) is 24.0. The third kappa shape index (κ3) is 5.85. The van der Waals surface area contributed by atoms with E-state index < -0.39 is 0 Å². The van der Waals surface area contributed by atoms with E-state index in [1.165, 1.54) is 78.1 Å². The Kier molecular flexibility index (Phi) is 8.35. The summed E-state index contributed by atoms with van der Waals surface area (Å²) in [6, 6.07) is 21.6. The lowest BCUT2D eigenvalue weighted by Gasteiger charge is -2.23. The van der Waals surface area contributed by atoms with Gasteiger partial charge in [0.25, 0.3) is 0 Å². The molecule has 4 rings (SSSR count). The molecule has 4 heteroatoms. The van der Waals surface area contributed by atoms with Crippen molar-refractivity contribution >= 4 is 33.2 Å². The molecule has 2 aromatic heterocycles. The van der Waals surface area contributed by atoms with Gasteiger partial charge in [-0.05, 0) is 25.0 Å². The fraction of sp³-hybridized carbons (Fsp3) is 0.400. The summed E-state index contributed by atoms with van der Waals surface area (Å²) in [6.45, 7) is 2.28. The van der Waals surface area contributed by atoms with Gasteiger partial charge in [-0.2, -0.15) is 0 Å². The molecule has 2 aromatic carbocycles. The molecule has 0 unspecified atom stereocenters. The molecular weight excluding hydrogens is 416 g/mol. The first-order valence-electron chi connectivity index (χ1n) is 12.9. The van der Waals surface area contributed by atoms with Crippen molar-refractivity contribution in [3.63, 3.8) is 0 Å². The van der Waals surface area contributed by atoms with E-state index in [2.05, 4.69) is 114 Å². The second kappa shape index (κ2) is 11.8. The van der Waals surface area contributed by atoms with Gasteiger partial charge in [0.15, 0.2) is 12.4 Å². The minimum Gasteiger partial charge on any atom is -0.364 e. The van der Waals surface area contributed by atoms with Crippen LogP contribution >= 0.6 is 0 Å². The van der Waals surface area contributed by atoms with Crippen molar-refractivity contribution in [1.29, 1.82) is 0 Å². The molecule has 0 spiro atoms. The first-order valence-corrected chi connectivity index (χ1v) is 12.9. The van der Waals surface area contributed by atoms with E-state index in [4.69, 9.17) is 0 Å². The number of para-hydroxylation sites is 2. The van der Waals surface area contributed by atoms with Gasteiger partial charge in [-0.25, -0.2) is 9.13 Å². The number of fused-ring (bicyclic) bond motifs is 2. The number of nitrogens with zero attached hydrogens (tertiary/aromatic N) is 2. The summed E-state index contributed by atoms with van der Waals surface area (Å²) in [5.41, 5.74) is 4.83. The molecule has 0 amide bonds. The van der Waals surface area contributed by atoms with Crippen LogP contribution in [0.4, 0.5) is 11.4 Å². The number of pyridine rings is 2. The van der Waals surface area contributed by atoms with E-state index in [-0.39, 0.29) is 6.17 Å². The van der Waals surface area contributed by atoms with Crippen LogP contribution in [-0.2, 0) is 14.1 Å². The lowest BCUT2D eigenvalue weighted by Crippen LogP contribution is -2.33. The van der Waals surface area contributed by atoms with Crippen molar-refractivity contribution in [3.8, 4) is 0 Å². The zero-order valence-electron chi connectivity index (χ0n) is 21.1. The van der Waals surface area contributed by atoms with E-state index in [1.54, 1.807) is 0 Å². The van der Waals surface area contributed by atoms with Gasteiger partial charge in [0.1, 0.15) is 14.1 Å². The molecule has 2 heterocycles. The standard InChI is InChI=1S/C30H38N4/c1-4-5-6-7-8-9-10-19-30(31-26-20-22-33(2)28-17-13-11-15-24(26)28)32-27-21-23-34(3)29-18-14-12-16-25(27)29/h11-18,20-23,30H,4-10,19H2,1-3H3/p+2. The maximum atomic E-state index is 3.86. The molecule has 0 aliphatic carbocycles. The van der Waals surface area contributed by atoms with Gasteiger partial charge in [0.2, 0.25) is 11.0 Å². The van der Waals surface area contributed by atoms with Crippen LogP contribution in [0, 0.1) is 0 Å². The third-order valence-corrected chi connectivity index (χ3v) is 6.83. The van der Waals surface area contributed by atoms with Gasteiger partial charge in [0, 0.05) is 24.3 Å². The largest absolute Gasteiger partial charge is 0.364 e. The minimum absolute atomic E-state index is 0.155. The second-order valence-corrected chi connectivity index (χ2v) is 9.47. The molecule has 0 saturated carbocycles. The Labute approximate surface area is 204 Å². The predicted octanol–water partition coefficient (Wildman–Crippen LogP) is 6.63. The molecule has 0 aliphatic rings. The van der Waals surface area contributed by atoms with Gasteiger partial charge < -0.3 is 10.6 Å². The van der Waals surface area contributed by atoms with Crippen molar-refractivity contribution in [2.45, 2.75) is 64.5 Å². The predicted molar refractivity (Wildman–Crippen MR) is 144 cm³/mol. The summed E-state index contributed by atoms with van der Waals surface area (Å²) >= 11 is 0. The summed E-state index contributed by atoms with van der Waals surface area (Å²) in [4.78, 5) is 0. The average molecular weight is 457 g/mol. The molecule has 4 aromatic rings. The number of hydrogen-bond donors (Lipinski definition) is 2. The number of hydrogen-bond acceptors (Lipinski definition) is 2.